The molecule has 9 heteroatoms. The van der Waals surface area contributed by atoms with Gasteiger partial charge in [-0.15, -0.1) is 0 Å². The van der Waals surface area contributed by atoms with Gasteiger partial charge in [0.1, 0.15) is 0 Å². The maximum absolute atomic E-state index is 13.7. The average molecular weight is 385 g/mol. The second-order valence-electron chi connectivity index (χ2n) is 5.69. The highest BCUT2D eigenvalue weighted by atomic mass is 32.3. The minimum absolute atomic E-state index is 0.162. The average Bonchev–Trinajstić information content (AvgIpc) is 2.84. The molecule has 1 aliphatic rings. The van der Waals surface area contributed by atoms with Crippen molar-refractivity contribution in [2.75, 3.05) is 42.0 Å². The lowest BCUT2D eigenvalue weighted by Gasteiger charge is -2.43. The van der Waals surface area contributed by atoms with E-state index < -0.39 is 22.6 Å². The van der Waals surface area contributed by atoms with Gasteiger partial charge in [0.05, 0.1) is 36.8 Å². The lowest BCUT2D eigenvalue weighted by atomic mass is 10.2. The molecule has 0 aromatic heterocycles. The third-order valence-electron chi connectivity index (χ3n) is 3.98. The van der Waals surface area contributed by atoms with Crippen LogP contribution in [0.1, 0.15) is 0 Å². The topological polar surface area (TPSA) is 68.2 Å². The van der Waals surface area contributed by atoms with Crippen molar-refractivity contribution in [3.63, 3.8) is 0 Å². The molecule has 3 rings (SSSR count). The molecular formula is C17H21F2N3O3S. The van der Waals surface area contributed by atoms with Gasteiger partial charge in [-0.1, -0.05) is 12.1 Å². The lowest BCUT2D eigenvalue weighted by Crippen LogP contribution is -2.33. The fraction of sp³-hybridized carbons (Fsp3) is 0.294. The Hall–Kier alpha value is -1.91. The predicted molar refractivity (Wildman–Crippen MR) is 99.9 cm³/mol. The van der Waals surface area contributed by atoms with E-state index in [2.05, 4.69) is 5.32 Å². The number of halogens is 2. The van der Waals surface area contributed by atoms with Crippen molar-refractivity contribution in [2.45, 2.75) is 0 Å². The molecule has 1 heterocycles. The number of nitrogens with zero attached hydrogens (tertiary/aromatic N) is 2. The standard InChI is InChI=1S/C17H21F2N3O3S/c1-20-8-10-25-11-9-21-16-4-2-3-5-17(16)22(26(21,23)24)13-6-7-14(18)15(19)12-13/h2-7,12,20,23-24H,8-11H2,1H3. The monoisotopic (exact) mass is 385 g/mol. The third kappa shape index (κ3) is 3.49. The number of rotatable bonds is 7. The van der Waals surface area contributed by atoms with Gasteiger partial charge in [0, 0.05) is 12.6 Å². The molecule has 0 saturated heterocycles. The minimum Gasteiger partial charge on any atom is -0.378 e. The largest absolute Gasteiger partial charge is 0.378 e. The Kier molecular flexibility index (Phi) is 5.64. The summed E-state index contributed by atoms with van der Waals surface area (Å²) in [6.07, 6.45) is 0. The zero-order valence-electron chi connectivity index (χ0n) is 14.2. The second kappa shape index (κ2) is 7.77. The quantitative estimate of drug-likeness (QED) is 0.631. The fourth-order valence-corrected chi connectivity index (χ4v) is 4.52. The van der Waals surface area contributed by atoms with Crippen molar-refractivity contribution in [1.29, 1.82) is 0 Å². The molecule has 0 atom stereocenters. The summed E-state index contributed by atoms with van der Waals surface area (Å²) in [6.45, 7) is 1.71. The molecule has 6 nitrogen and oxygen atoms in total. The molecule has 2 aromatic rings. The number of likely N-dealkylation sites (N-methyl/N-ethyl adjacent to an activating group) is 1. The molecule has 0 spiro atoms. The highest BCUT2D eigenvalue weighted by Crippen LogP contribution is 2.63. The van der Waals surface area contributed by atoms with Gasteiger partial charge in [0.15, 0.2) is 11.6 Å². The summed E-state index contributed by atoms with van der Waals surface area (Å²) in [7, 11) is -1.66. The number of nitrogens with one attached hydrogen (secondary N) is 1. The maximum atomic E-state index is 13.7. The molecule has 1 aliphatic heterocycles. The molecule has 0 saturated carbocycles. The SMILES string of the molecule is CNCCOCCN1c2ccccc2N(c2ccc(F)c(F)c2)S1(O)O. The smallest absolute Gasteiger partial charge is 0.160 e. The minimum atomic E-state index is -3.48. The number of benzene rings is 2. The summed E-state index contributed by atoms with van der Waals surface area (Å²) >= 11 is 0. The van der Waals surface area contributed by atoms with Gasteiger partial charge < -0.3 is 10.1 Å². The first-order valence-electron chi connectivity index (χ1n) is 8.09. The van der Waals surface area contributed by atoms with E-state index in [-0.39, 0.29) is 18.8 Å². The van der Waals surface area contributed by atoms with Crippen molar-refractivity contribution < 1.29 is 22.6 Å². The highest BCUT2D eigenvalue weighted by molar-refractivity contribution is 8.27. The Bertz CT molecular complexity index is 779. The van der Waals surface area contributed by atoms with Gasteiger partial charge in [-0.3, -0.25) is 9.11 Å². The molecule has 2 aromatic carbocycles. The zero-order valence-corrected chi connectivity index (χ0v) is 15.0. The highest BCUT2D eigenvalue weighted by Gasteiger charge is 2.41. The number of hydrogen-bond acceptors (Lipinski definition) is 6. The zero-order chi connectivity index (χ0) is 18.7. The predicted octanol–water partition coefficient (Wildman–Crippen LogP) is 3.74. The summed E-state index contributed by atoms with van der Waals surface area (Å²) in [6, 6.07) is 10.2. The van der Waals surface area contributed by atoms with Crippen LogP contribution in [0.15, 0.2) is 42.5 Å². The molecular weight excluding hydrogens is 364 g/mol. The van der Waals surface area contributed by atoms with E-state index in [1.54, 1.807) is 24.3 Å². The number of fused-ring (bicyclic) bond motifs is 1. The second-order valence-corrected chi connectivity index (χ2v) is 7.48. The molecule has 0 radical (unpaired) electrons. The van der Waals surface area contributed by atoms with Crippen molar-refractivity contribution >= 4 is 28.0 Å². The van der Waals surface area contributed by atoms with Crippen LogP contribution in [0.4, 0.5) is 25.8 Å². The molecule has 26 heavy (non-hydrogen) atoms. The molecule has 0 unspecified atom stereocenters. The number of hydrogen-bond donors (Lipinski definition) is 3. The van der Waals surface area contributed by atoms with Crippen LogP contribution < -0.4 is 13.9 Å². The molecule has 3 N–H and O–H groups in total. The van der Waals surface area contributed by atoms with Gasteiger partial charge in [-0.2, -0.15) is 0 Å². The molecule has 0 amide bonds. The first kappa shape index (κ1) is 18.9. The summed E-state index contributed by atoms with van der Waals surface area (Å²) in [5.74, 6) is -2.04. The van der Waals surface area contributed by atoms with Crippen LogP contribution in [0.25, 0.3) is 0 Å². The van der Waals surface area contributed by atoms with Crippen LogP contribution in [0.2, 0.25) is 0 Å². The first-order valence-corrected chi connectivity index (χ1v) is 9.55. The molecule has 0 fully saturated rings. The Labute approximate surface area is 152 Å². The van der Waals surface area contributed by atoms with Crippen LogP contribution in [0, 0.1) is 11.6 Å². The van der Waals surface area contributed by atoms with Gasteiger partial charge in [0.25, 0.3) is 0 Å². The number of para-hydroxylation sites is 2. The Morgan fingerprint density at radius 3 is 2.46 bits per heavy atom. The van der Waals surface area contributed by atoms with Gasteiger partial charge in [-0.05, 0) is 42.3 Å². The first-order chi connectivity index (χ1) is 12.5. The lowest BCUT2D eigenvalue weighted by molar-refractivity contribution is 0.145. The maximum Gasteiger partial charge on any atom is 0.160 e. The molecule has 142 valence electrons. The van der Waals surface area contributed by atoms with Gasteiger partial charge in [0.2, 0.25) is 0 Å². The van der Waals surface area contributed by atoms with Crippen LogP contribution in [0.3, 0.4) is 0 Å². The van der Waals surface area contributed by atoms with Crippen LogP contribution >= 0.6 is 11.0 Å². The van der Waals surface area contributed by atoms with Crippen molar-refractivity contribution in [2.24, 2.45) is 0 Å². The third-order valence-corrected chi connectivity index (χ3v) is 5.85. The summed E-state index contributed by atoms with van der Waals surface area (Å²) in [5.41, 5.74) is 1.26. The Morgan fingerprint density at radius 2 is 1.77 bits per heavy atom. The summed E-state index contributed by atoms with van der Waals surface area (Å²) < 4.78 is 56.8. The van der Waals surface area contributed by atoms with E-state index in [1.165, 1.54) is 14.7 Å². The van der Waals surface area contributed by atoms with E-state index in [1.807, 2.05) is 7.05 Å². The van der Waals surface area contributed by atoms with Crippen molar-refractivity contribution in [3.8, 4) is 0 Å². The summed E-state index contributed by atoms with van der Waals surface area (Å²) in [5, 5.41) is 2.96. The van der Waals surface area contributed by atoms with Crippen molar-refractivity contribution in [1.82, 2.24) is 5.32 Å². The van der Waals surface area contributed by atoms with E-state index in [4.69, 9.17) is 4.74 Å². The number of anilines is 3. The summed E-state index contributed by atoms with van der Waals surface area (Å²) in [4.78, 5) is 0. The fourth-order valence-electron chi connectivity index (χ4n) is 2.77. The molecule has 0 bridgehead atoms. The van der Waals surface area contributed by atoms with E-state index in [0.717, 1.165) is 12.1 Å². The van der Waals surface area contributed by atoms with E-state index in [9.17, 15) is 17.9 Å². The Balaban J connectivity index is 1.90. The van der Waals surface area contributed by atoms with Gasteiger partial charge >= 0.3 is 0 Å². The van der Waals surface area contributed by atoms with Crippen LogP contribution in [-0.4, -0.2) is 42.5 Å². The normalized spacial score (nSPS) is 16.7. The van der Waals surface area contributed by atoms with E-state index >= 15 is 0 Å². The number of ether oxygens (including phenoxy) is 1. The van der Waals surface area contributed by atoms with Crippen LogP contribution in [0.5, 0.6) is 0 Å². The van der Waals surface area contributed by atoms with Crippen LogP contribution in [-0.2, 0) is 4.74 Å². The Morgan fingerprint density at radius 1 is 1.04 bits per heavy atom. The van der Waals surface area contributed by atoms with E-state index in [0.29, 0.717) is 24.5 Å². The van der Waals surface area contributed by atoms with Crippen molar-refractivity contribution in [3.05, 3.63) is 54.1 Å². The van der Waals surface area contributed by atoms with Gasteiger partial charge in [-0.25, -0.2) is 17.4 Å². The molecule has 0 aliphatic carbocycles.